The molecule has 1 aliphatic rings. The quantitative estimate of drug-likeness (QED) is 0.588. The van der Waals surface area contributed by atoms with E-state index in [1.807, 2.05) is 18.2 Å². The molecule has 2 rings (SSSR count). The number of hydrogen-bond donors (Lipinski definition) is 0. The van der Waals surface area contributed by atoms with E-state index in [4.69, 9.17) is 4.74 Å². The number of hydrogen-bond acceptors (Lipinski definition) is 3. The van der Waals surface area contributed by atoms with E-state index in [9.17, 15) is 0 Å². The molecule has 0 unspecified atom stereocenters. The fourth-order valence-corrected chi connectivity index (χ4v) is 2.23. The summed E-state index contributed by atoms with van der Waals surface area (Å²) in [4.78, 5) is 4.16. The topological polar surface area (TPSA) is 21.6 Å². The minimum atomic E-state index is 0.218. The first kappa shape index (κ1) is 11.5. The van der Waals surface area contributed by atoms with Gasteiger partial charge in [0, 0.05) is 0 Å². The zero-order valence-corrected chi connectivity index (χ0v) is 9.95. The number of thiocarbonyl (C=S) groups is 1. The second-order valence-electron chi connectivity index (χ2n) is 4.05. The first-order valence-corrected chi connectivity index (χ1v) is 6.03. The molecule has 84 valence electrons. The molecular weight excluding hydrogens is 218 g/mol. The largest absolute Gasteiger partial charge is 0.371 e. The van der Waals surface area contributed by atoms with Gasteiger partial charge in [-0.15, -0.1) is 0 Å². The molecule has 2 nitrogen and oxygen atoms in total. The summed E-state index contributed by atoms with van der Waals surface area (Å²) in [5, 5.41) is 2.47. The Morgan fingerprint density at radius 3 is 2.88 bits per heavy atom. The van der Waals surface area contributed by atoms with E-state index in [0.717, 1.165) is 12.8 Å². The molecule has 1 fully saturated rings. The van der Waals surface area contributed by atoms with Gasteiger partial charge in [-0.2, -0.15) is 0 Å². The first-order valence-electron chi connectivity index (χ1n) is 5.62. The lowest BCUT2D eigenvalue weighted by atomic mass is 10.2. The molecule has 16 heavy (non-hydrogen) atoms. The maximum atomic E-state index is 5.87. The van der Waals surface area contributed by atoms with Crippen molar-refractivity contribution < 1.29 is 4.74 Å². The number of benzene rings is 1. The van der Waals surface area contributed by atoms with Gasteiger partial charge >= 0.3 is 0 Å². The third-order valence-electron chi connectivity index (χ3n) is 2.94. The molecule has 2 atom stereocenters. The number of isothiocyanates is 1. The number of rotatable bonds is 4. The smallest absolute Gasteiger partial charge is 0.0864 e. The highest BCUT2D eigenvalue weighted by atomic mass is 32.1. The van der Waals surface area contributed by atoms with E-state index < -0.39 is 0 Å². The molecule has 1 aromatic carbocycles. The Kier molecular flexibility index (Phi) is 4.23. The summed E-state index contributed by atoms with van der Waals surface area (Å²) >= 11 is 4.65. The molecule has 0 spiro atoms. The molecule has 0 N–H and O–H groups in total. The van der Waals surface area contributed by atoms with Gasteiger partial charge in [0.15, 0.2) is 0 Å². The van der Waals surface area contributed by atoms with E-state index in [0.29, 0.717) is 6.61 Å². The number of nitrogens with zero attached hydrogens (tertiary/aromatic N) is 1. The van der Waals surface area contributed by atoms with Gasteiger partial charge in [-0.05, 0) is 37.0 Å². The maximum absolute atomic E-state index is 5.87. The Morgan fingerprint density at radius 2 is 2.12 bits per heavy atom. The van der Waals surface area contributed by atoms with Crippen LogP contribution in [-0.4, -0.2) is 17.3 Å². The average Bonchev–Trinajstić information content (AvgIpc) is 2.76. The highest BCUT2D eigenvalue weighted by Crippen LogP contribution is 2.25. The Morgan fingerprint density at radius 1 is 1.31 bits per heavy atom. The van der Waals surface area contributed by atoms with Crippen molar-refractivity contribution in [3.63, 3.8) is 0 Å². The molecule has 0 aromatic heterocycles. The van der Waals surface area contributed by atoms with Gasteiger partial charge < -0.3 is 4.74 Å². The van der Waals surface area contributed by atoms with Crippen LogP contribution in [0.15, 0.2) is 35.3 Å². The van der Waals surface area contributed by atoms with Gasteiger partial charge in [0.05, 0.1) is 23.9 Å². The highest BCUT2D eigenvalue weighted by molar-refractivity contribution is 7.78. The maximum Gasteiger partial charge on any atom is 0.0864 e. The molecule has 0 amide bonds. The second-order valence-corrected chi connectivity index (χ2v) is 4.24. The third kappa shape index (κ3) is 2.99. The van der Waals surface area contributed by atoms with Crippen molar-refractivity contribution >= 4 is 17.4 Å². The molecule has 1 aromatic rings. The van der Waals surface area contributed by atoms with Crippen molar-refractivity contribution in [2.24, 2.45) is 4.99 Å². The molecule has 0 aliphatic heterocycles. The lowest BCUT2D eigenvalue weighted by molar-refractivity contribution is 0.0364. The first-order chi connectivity index (χ1) is 7.90. The van der Waals surface area contributed by atoms with Gasteiger partial charge in [0.2, 0.25) is 0 Å². The molecule has 0 saturated heterocycles. The summed E-state index contributed by atoms with van der Waals surface area (Å²) < 4.78 is 5.87. The van der Waals surface area contributed by atoms with E-state index in [1.54, 1.807) is 0 Å². The van der Waals surface area contributed by atoms with Crippen LogP contribution >= 0.6 is 12.2 Å². The van der Waals surface area contributed by atoms with Crippen LogP contribution in [-0.2, 0) is 11.3 Å². The van der Waals surface area contributed by atoms with Crippen molar-refractivity contribution in [3.05, 3.63) is 35.9 Å². The summed E-state index contributed by atoms with van der Waals surface area (Å²) in [5.41, 5.74) is 1.21. The molecular formula is C13H15NOS. The molecule has 0 bridgehead atoms. The zero-order chi connectivity index (χ0) is 11.2. The lowest BCUT2D eigenvalue weighted by Gasteiger charge is -2.15. The molecule has 3 heteroatoms. The van der Waals surface area contributed by atoms with Crippen LogP contribution in [0.1, 0.15) is 24.8 Å². The van der Waals surface area contributed by atoms with Gasteiger partial charge in [0.1, 0.15) is 0 Å². The minimum absolute atomic E-state index is 0.218. The second kappa shape index (κ2) is 5.90. The standard InChI is InChI=1S/C13H15NOS/c16-10-14-12-7-4-8-13(12)15-9-11-5-2-1-3-6-11/h1-3,5-6,12-13H,4,7-9H2/t12-,13-/m0/s1. The normalized spacial score (nSPS) is 24.0. The van der Waals surface area contributed by atoms with Gasteiger partial charge in [-0.25, -0.2) is 4.99 Å². The number of aliphatic imine (C=N–C) groups is 1. The van der Waals surface area contributed by atoms with Crippen LogP contribution in [0.3, 0.4) is 0 Å². The van der Waals surface area contributed by atoms with Crippen LogP contribution in [0.4, 0.5) is 0 Å². The molecule has 1 aliphatic carbocycles. The van der Waals surface area contributed by atoms with Crippen molar-refractivity contribution in [3.8, 4) is 0 Å². The van der Waals surface area contributed by atoms with Crippen LogP contribution in [0.25, 0.3) is 0 Å². The average molecular weight is 233 g/mol. The Balaban J connectivity index is 1.88. The Bertz CT molecular complexity index is 373. The van der Waals surface area contributed by atoms with Crippen LogP contribution in [0.5, 0.6) is 0 Å². The third-order valence-corrected chi connectivity index (χ3v) is 3.05. The van der Waals surface area contributed by atoms with Crippen molar-refractivity contribution in [2.45, 2.75) is 38.0 Å². The molecule has 0 radical (unpaired) electrons. The van der Waals surface area contributed by atoms with Gasteiger partial charge in [-0.1, -0.05) is 30.3 Å². The van der Waals surface area contributed by atoms with Crippen molar-refractivity contribution in [1.82, 2.24) is 0 Å². The zero-order valence-electron chi connectivity index (χ0n) is 9.13. The van der Waals surface area contributed by atoms with Crippen LogP contribution in [0, 0.1) is 0 Å². The summed E-state index contributed by atoms with van der Waals surface area (Å²) in [5.74, 6) is 0. The Labute approximate surface area is 101 Å². The highest BCUT2D eigenvalue weighted by Gasteiger charge is 2.27. The van der Waals surface area contributed by atoms with E-state index in [1.165, 1.54) is 12.0 Å². The van der Waals surface area contributed by atoms with Crippen LogP contribution in [0.2, 0.25) is 0 Å². The van der Waals surface area contributed by atoms with E-state index >= 15 is 0 Å². The molecule has 1 saturated carbocycles. The van der Waals surface area contributed by atoms with Crippen LogP contribution < -0.4 is 0 Å². The Hall–Kier alpha value is -1.02. The minimum Gasteiger partial charge on any atom is -0.371 e. The van der Waals surface area contributed by atoms with Gasteiger partial charge in [-0.3, -0.25) is 0 Å². The predicted octanol–water partition coefficient (Wildman–Crippen LogP) is 3.23. The van der Waals surface area contributed by atoms with E-state index in [2.05, 4.69) is 34.5 Å². The monoisotopic (exact) mass is 233 g/mol. The van der Waals surface area contributed by atoms with Crippen molar-refractivity contribution in [1.29, 1.82) is 0 Å². The predicted molar refractivity (Wildman–Crippen MR) is 67.7 cm³/mol. The van der Waals surface area contributed by atoms with E-state index in [-0.39, 0.29) is 12.1 Å². The summed E-state index contributed by atoms with van der Waals surface area (Å²) in [6.45, 7) is 0.662. The lowest BCUT2D eigenvalue weighted by Crippen LogP contribution is -2.21. The summed E-state index contributed by atoms with van der Waals surface area (Å²) in [6.07, 6.45) is 3.54. The summed E-state index contributed by atoms with van der Waals surface area (Å²) in [7, 11) is 0. The number of ether oxygens (including phenoxy) is 1. The van der Waals surface area contributed by atoms with Crippen molar-refractivity contribution in [2.75, 3.05) is 0 Å². The summed E-state index contributed by atoms with van der Waals surface area (Å²) in [6, 6.07) is 10.4. The van der Waals surface area contributed by atoms with Gasteiger partial charge in [0.25, 0.3) is 0 Å². The molecule has 0 heterocycles. The fraction of sp³-hybridized carbons (Fsp3) is 0.462. The SMILES string of the molecule is S=C=N[C@H]1CCC[C@@H]1OCc1ccccc1. The fourth-order valence-electron chi connectivity index (χ4n) is 2.09.